The van der Waals surface area contributed by atoms with Crippen LogP contribution in [0, 0.1) is 11.3 Å². The molecule has 0 bridgehead atoms. The second kappa shape index (κ2) is 9.60. The Labute approximate surface area is 164 Å². The summed E-state index contributed by atoms with van der Waals surface area (Å²) in [7, 11) is 1.64. The monoisotopic (exact) mass is 380 g/mol. The van der Waals surface area contributed by atoms with Gasteiger partial charge in [-0.1, -0.05) is 12.1 Å². The SMILES string of the molecule is COc1ccc(CCNC(=O)N2CCC[C@@H](Oc3cc(C#N)ccn3)C2)cc1. The van der Waals surface area contributed by atoms with E-state index >= 15 is 0 Å². The highest BCUT2D eigenvalue weighted by Gasteiger charge is 2.25. The molecule has 0 saturated carbocycles. The second-order valence-electron chi connectivity index (χ2n) is 6.65. The van der Waals surface area contributed by atoms with Gasteiger partial charge in [-0.25, -0.2) is 9.78 Å². The van der Waals surface area contributed by atoms with E-state index in [1.807, 2.05) is 24.3 Å². The van der Waals surface area contributed by atoms with Crippen molar-refractivity contribution in [2.75, 3.05) is 26.7 Å². The maximum absolute atomic E-state index is 12.5. The van der Waals surface area contributed by atoms with Gasteiger partial charge in [0.05, 0.1) is 25.3 Å². The van der Waals surface area contributed by atoms with E-state index in [0.29, 0.717) is 31.1 Å². The number of benzene rings is 1. The molecular formula is C21H24N4O3. The molecule has 0 radical (unpaired) electrons. The lowest BCUT2D eigenvalue weighted by Gasteiger charge is -2.32. The minimum absolute atomic E-state index is 0.0828. The van der Waals surface area contributed by atoms with E-state index < -0.39 is 0 Å². The van der Waals surface area contributed by atoms with Gasteiger partial charge in [0.15, 0.2) is 0 Å². The molecule has 7 nitrogen and oxygen atoms in total. The van der Waals surface area contributed by atoms with Crippen LogP contribution in [0.1, 0.15) is 24.0 Å². The number of rotatable bonds is 6. The van der Waals surface area contributed by atoms with E-state index in [1.165, 1.54) is 0 Å². The molecule has 0 aliphatic carbocycles. The van der Waals surface area contributed by atoms with Crippen LogP contribution in [0.4, 0.5) is 4.79 Å². The number of carbonyl (C=O) groups excluding carboxylic acids is 1. The Kier molecular flexibility index (Phi) is 6.68. The average molecular weight is 380 g/mol. The fraction of sp³-hybridized carbons (Fsp3) is 0.381. The number of nitrogens with one attached hydrogen (secondary N) is 1. The van der Waals surface area contributed by atoms with Crippen molar-refractivity contribution in [1.29, 1.82) is 5.26 Å². The van der Waals surface area contributed by atoms with Crippen LogP contribution in [0.3, 0.4) is 0 Å². The zero-order valence-electron chi connectivity index (χ0n) is 15.9. The van der Waals surface area contributed by atoms with E-state index in [-0.39, 0.29) is 12.1 Å². The summed E-state index contributed by atoms with van der Waals surface area (Å²) >= 11 is 0. The van der Waals surface area contributed by atoms with Gasteiger partial charge in [0, 0.05) is 25.4 Å². The summed E-state index contributed by atoms with van der Waals surface area (Å²) in [5.74, 6) is 1.24. The molecule has 146 valence electrons. The number of ether oxygens (including phenoxy) is 2. The molecule has 2 amide bonds. The maximum Gasteiger partial charge on any atom is 0.317 e. The first-order valence-corrected chi connectivity index (χ1v) is 9.36. The van der Waals surface area contributed by atoms with Crippen molar-refractivity contribution in [2.45, 2.75) is 25.4 Å². The van der Waals surface area contributed by atoms with Crippen LogP contribution in [0.15, 0.2) is 42.6 Å². The number of piperidine rings is 1. The number of hydrogen-bond donors (Lipinski definition) is 1. The Morgan fingerprint density at radius 3 is 2.93 bits per heavy atom. The first kappa shape index (κ1) is 19.5. The Morgan fingerprint density at radius 2 is 2.18 bits per heavy atom. The minimum atomic E-state index is -0.123. The number of likely N-dealkylation sites (tertiary alicyclic amines) is 1. The van der Waals surface area contributed by atoms with Crippen LogP contribution < -0.4 is 14.8 Å². The molecule has 3 rings (SSSR count). The predicted molar refractivity (Wildman–Crippen MR) is 104 cm³/mol. The third kappa shape index (κ3) is 5.36. The van der Waals surface area contributed by atoms with E-state index in [0.717, 1.165) is 30.6 Å². The van der Waals surface area contributed by atoms with Gasteiger partial charge >= 0.3 is 6.03 Å². The first-order valence-electron chi connectivity index (χ1n) is 9.36. The third-order valence-corrected chi connectivity index (χ3v) is 4.67. The lowest BCUT2D eigenvalue weighted by molar-refractivity contribution is 0.0979. The molecule has 1 aromatic carbocycles. The van der Waals surface area contributed by atoms with Gasteiger partial charge in [-0.05, 0) is 43.0 Å². The van der Waals surface area contributed by atoms with Crippen molar-refractivity contribution in [3.05, 3.63) is 53.7 Å². The summed E-state index contributed by atoms with van der Waals surface area (Å²) < 4.78 is 11.0. The van der Waals surface area contributed by atoms with Gasteiger partial charge in [0.2, 0.25) is 5.88 Å². The van der Waals surface area contributed by atoms with Gasteiger partial charge in [-0.2, -0.15) is 5.26 Å². The Hall–Kier alpha value is -3.27. The van der Waals surface area contributed by atoms with E-state index in [4.69, 9.17) is 14.7 Å². The summed E-state index contributed by atoms with van der Waals surface area (Å²) in [5.41, 5.74) is 1.65. The maximum atomic E-state index is 12.5. The zero-order valence-corrected chi connectivity index (χ0v) is 15.9. The molecule has 1 aromatic heterocycles. The van der Waals surface area contributed by atoms with Gasteiger partial charge in [-0.3, -0.25) is 0 Å². The molecule has 2 heterocycles. The molecule has 1 fully saturated rings. The molecule has 1 aliphatic heterocycles. The quantitative estimate of drug-likeness (QED) is 0.833. The Bertz CT molecular complexity index is 832. The smallest absolute Gasteiger partial charge is 0.317 e. The number of hydrogen-bond acceptors (Lipinski definition) is 5. The minimum Gasteiger partial charge on any atom is -0.497 e. The van der Waals surface area contributed by atoms with Crippen molar-refractivity contribution in [2.24, 2.45) is 0 Å². The van der Waals surface area contributed by atoms with Crippen molar-refractivity contribution in [3.8, 4) is 17.7 Å². The summed E-state index contributed by atoms with van der Waals surface area (Å²) in [6.45, 7) is 1.78. The number of carbonyl (C=O) groups is 1. The number of nitriles is 1. The number of nitrogens with zero attached hydrogens (tertiary/aromatic N) is 3. The number of urea groups is 1. The second-order valence-corrected chi connectivity index (χ2v) is 6.65. The molecule has 1 N–H and O–H groups in total. The molecule has 0 unspecified atom stereocenters. The first-order chi connectivity index (χ1) is 13.7. The zero-order chi connectivity index (χ0) is 19.8. The van der Waals surface area contributed by atoms with Gasteiger partial charge in [-0.15, -0.1) is 0 Å². The lowest BCUT2D eigenvalue weighted by atomic mass is 10.1. The summed E-state index contributed by atoms with van der Waals surface area (Å²) in [6, 6.07) is 13.1. The topological polar surface area (TPSA) is 87.5 Å². The van der Waals surface area contributed by atoms with E-state index in [9.17, 15) is 4.79 Å². The standard InChI is InChI=1S/C21H24N4O3/c1-27-18-6-4-16(5-7-18)8-11-24-21(26)25-12-2-3-19(15-25)28-20-13-17(14-22)9-10-23-20/h4-7,9-10,13,19H,2-3,8,11-12,15H2,1H3,(H,24,26)/t19-/m1/s1. The highest BCUT2D eigenvalue weighted by atomic mass is 16.5. The summed E-state index contributed by atoms with van der Waals surface area (Å²) in [5, 5.41) is 11.9. The normalized spacial score (nSPS) is 16.1. The average Bonchev–Trinajstić information content (AvgIpc) is 2.74. The van der Waals surface area contributed by atoms with Crippen LogP contribution >= 0.6 is 0 Å². The van der Waals surface area contributed by atoms with Crippen molar-refractivity contribution in [1.82, 2.24) is 15.2 Å². The molecular weight excluding hydrogens is 356 g/mol. The third-order valence-electron chi connectivity index (χ3n) is 4.67. The molecule has 1 aliphatic rings. The fourth-order valence-corrected chi connectivity index (χ4v) is 3.15. The highest BCUT2D eigenvalue weighted by Crippen LogP contribution is 2.18. The van der Waals surface area contributed by atoms with E-state index in [1.54, 1.807) is 30.3 Å². The molecule has 7 heteroatoms. The van der Waals surface area contributed by atoms with Gasteiger partial charge in [0.1, 0.15) is 11.9 Å². The van der Waals surface area contributed by atoms with Crippen molar-refractivity contribution < 1.29 is 14.3 Å². The molecule has 0 spiro atoms. The van der Waals surface area contributed by atoms with Crippen molar-refractivity contribution >= 4 is 6.03 Å². The Balaban J connectivity index is 1.46. The Morgan fingerprint density at radius 1 is 1.36 bits per heavy atom. The number of methoxy groups -OCH3 is 1. The molecule has 2 aromatic rings. The molecule has 1 saturated heterocycles. The summed E-state index contributed by atoms with van der Waals surface area (Å²) in [4.78, 5) is 18.4. The van der Waals surface area contributed by atoms with Crippen LogP contribution in [0.2, 0.25) is 0 Å². The van der Waals surface area contributed by atoms with Crippen LogP contribution in [0.25, 0.3) is 0 Å². The highest BCUT2D eigenvalue weighted by molar-refractivity contribution is 5.74. The van der Waals surface area contributed by atoms with Gasteiger partial charge < -0.3 is 19.7 Å². The van der Waals surface area contributed by atoms with Crippen LogP contribution in [-0.2, 0) is 6.42 Å². The molecule has 1 atom stereocenters. The number of amides is 2. The van der Waals surface area contributed by atoms with Gasteiger partial charge in [0.25, 0.3) is 0 Å². The predicted octanol–water partition coefficient (Wildman–Crippen LogP) is 2.76. The fourth-order valence-electron chi connectivity index (χ4n) is 3.15. The van der Waals surface area contributed by atoms with E-state index in [2.05, 4.69) is 16.4 Å². The van der Waals surface area contributed by atoms with Crippen LogP contribution in [-0.4, -0.2) is 48.8 Å². The summed E-state index contributed by atoms with van der Waals surface area (Å²) in [6.07, 6.45) is 3.92. The van der Waals surface area contributed by atoms with Crippen LogP contribution in [0.5, 0.6) is 11.6 Å². The number of aromatic nitrogens is 1. The van der Waals surface area contributed by atoms with Crippen molar-refractivity contribution in [3.63, 3.8) is 0 Å². The number of pyridine rings is 1. The lowest BCUT2D eigenvalue weighted by Crippen LogP contribution is -2.49. The molecule has 28 heavy (non-hydrogen) atoms. The largest absolute Gasteiger partial charge is 0.497 e.